The molecule has 1 aliphatic rings. The molecule has 2 atom stereocenters. The third kappa shape index (κ3) is 2.26. The summed E-state index contributed by atoms with van der Waals surface area (Å²) in [5.74, 6) is 0.833. The van der Waals surface area contributed by atoms with Crippen molar-refractivity contribution in [1.82, 2.24) is 0 Å². The molecular weight excluding hydrogens is 246 g/mol. The van der Waals surface area contributed by atoms with Crippen LogP contribution in [0.4, 0.5) is 0 Å². The summed E-state index contributed by atoms with van der Waals surface area (Å²) >= 11 is 3.37. The van der Waals surface area contributed by atoms with Gasteiger partial charge in [0.25, 0.3) is 0 Å². The minimum absolute atomic E-state index is 0.0151. The maximum Gasteiger partial charge on any atom is 0.139 e. The van der Waals surface area contributed by atoms with Crippen LogP contribution < -0.4 is 10.5 Å². The molecule has 0 saturated carbocycles. The first-order valence-electron chi connectivity index (χ1n) is 4.51. The Labute approximate surface area is 91.3 Å². The van der Waals surface area contributed by atoms with Gasteiger partial charge in [-0.1, -0.05) is 15.9 Å². The van der Waals surface area contributed by atoms with Gasteiger partial charge in [-0.2, -0.15) is 0 Å². The van der Waals surface area contributed by atoms with E-state index in [0.717, 1.165) is 10.2 Å². The van der Waals surface area contributed by atoms with Gasteiger partial charge in [-0.25, -0.2) is 0 Å². The molecule has 1 aromatic rings. The molecule has 1 fully saturated rings. The van der Waals surface area contributed by atoms with E-state index in [1.54, 1.807) is 0 Å². The smallest absolute Gasteiger partial charge is 0.139 e. The fourth-order valence-corrected chi connectivity index (χ4v) is 1.62. The molecular formula is C10H12BrNO2. The number of halogens is 1. The highest BCUT2D eigenvalue weighted by atomic mass is 79.9. The quantitative estimate of drug-likeness (QED) is 0.875. The molecule has 4 heteroatoms. The number of hydrogen-bond acceptors (Lipinski definition) is 3. The maximum atomic E-state index is 5.80. The first-order valence-corrected chi connectivity index (χ1v) is 5.30. The van der Waals surface area contributed by atoms with E-state index in [-0.39, 0.29) is 12.1 Å². The van der Waals surface area contributed by atoms with Gasteiger partial charge < -0.3 is 15.2 Å². The average Bonchev–Trinajstić information content (AvgIpc) is 2.56. The zero-order chi connectivity index (χ0) is 9.97. The number of nitrogens with two attached hydrogens (primary N) is 1. The number of ether oxygens (including phenoxy) is 2. The van der Waals surface area contributed by atoms with Gasteiger partial charge in [-0.15, -0.1) is 0 Å². The molecule has 14 heavy (non-hydrogen) atoms. The fourth-order valence-electron chi connectivity index (χ4n) is 1.36. The van der Waals surface area contributed by atoms with E-state index in [2.05, 4.69) is 15.9 Å². The third-order valence-corrected chi connectivity index (χ3v) is 2.70. The molecule has 0 aliphatic carbocycles. The van der Waals surface area contributed by atoms with E-state index in [4.69, 9.17) is 15.2 Å². The van der Waals surface area contributed by atoms with Gasteiger partial charge in [0.1, 0.15) is 11.9 Å². The SMILES string of the molecule is N[C@H]1COCC1Oc1ccc(Br)cc1. The van der Waals surface area contributed by atoms with Crippen LogP contribution in [-0.4, -0.2) is 25.4 Å². The summed E-state index contributed by atoms with van der Waals surface area (Å²) in [4.78, 5) is 0. The van der Waals surface area contributed by atoms with Crippen LogP contribution in [0, 0.1) is 0 Å². The number of rotatable bonds is 2. The minimum atomic E-state index is -0.0174. The van der Waals surface area contributed by atoms with E-state index in [1.807, 2.05) is 24.3 Å². The van der Waals surface area contributed by atoms with E-state index in [1.165, 1.54) is 0 Å². The van der Waals surface area contributed by atoms with Gasteiger partial charge in [0, 0.05) is 4.47 Å². The standard InChI is InChI=1S/C10H12BrNO2/c11-7-1-3-8(4-2-7)14-10-6-13-5-9(10)12/h1-4,9-10H,5-6,12H2/t9-,10?/m0/s1. The van der Waals surface area contributed by atoms with E-state index in [0.29, 0.717) is 13.2 Å². The third-order valence-electron chi connectivity index (χ3n) is 2.17. The maximum absolute atomic E-state index is 5.80. The van der Waals surface area contributed by atoms with Crippen LogP contribution in [0.25, 0.3) is 0 Å². The summed E-state index contributed by atoms with van der Waals surface area (Å²) in [5, 5.41) is 0. The van der Waals surface area contributed by atoms with Gasteiger partial charge in [-0.3, -0.25) is 0 Å². The molecule has 0 spiro atoms. The predicted octanol–water partition coefficient (Wildman–Crippen LogP) is 1.55. The molecule has 2 rings (SSSR count). The summed E-state index contributed by atoms with van der Waals surface area (Å²) in [6.45, 7) is 1.17. The largest absolute Gasteiger partial charge is 0.486 e. The summed E-state index contributed by atoms with van der Waals surface area (Å²) in [7, 11) is 0. The van der Waals surface area contributed by atoms with Crippen LogP contribution in [0.5, 0.6) is 5.75 Å². The Morgan fingerprint density at radius 3 is 2.57 bits per heavy atom. The van der Waals surface area contributed by atoms with Gasteiger partial charge in [0.05, 0.1) is 19.3 Å². The van der Waals surface area contributed by atoms with Crippen molar-refractivity contribution >= 4 is 15.9 Å². The summed E-state index contributed by atoms with van der Waals surface area (Å²) in [5.41, 5.74) is 5.80. The molecule has 76 valence electrons. The van der Waals surface area contributed by atoms with Crippen LogP contribution >= 0.6 is 15.9 Å². The minimum Gasteiger partial charge on any atom is -0.486 e. The number of hydrogen-bond donors (Lipinski definition) is 1. The molecule has 1 aliphatic heterocycles. The van der Waals surface area contributed by atoms with Gasteiger partial charge in [-0.05, 0) is 24.3 Å². The molecule has 0 aromatic heterocycles. The Bertz CT molecular complexity index is 301. The Morgan fingerprint density at radius 1 is 1.29 bits per heavy atom. The highest BCUT2D eigenvalue weighted by Crippen LogP contribution is 2.19. The molecule has 0 amide bonds. The van der Waals surface area contributed by atoms with Crippen molar-refractivity contribution in [2.24, 2.45) is 5.73 Å². The lowest BCUT2D eigenvalue weighted by Gasteiger charge is -2.15. The number of benzene rings is 1. The summed E-state index contributed by atoms with van der Waals surface area (Å²) in [6.07, 6.45) is -0.0174. The van der Waals surface area contributed by atoms with E-state index >= 15 is 0 Å². The highest BCUT2D eigenvalue weighted by Gasteiger charge is 2.26. The monoisotopic (exact) mass is 257 g/mol. The second-order valence-corrected chi connectivity index (χ2v) is 4.23. The molecule has 1 saturated heterocycles. The van der Waals surface area contributed by atoms with Crippen molar-refractivity contribution in [3.05, 3.63) is 28.7 Å². The second-order valence-electron chi connectivity index (χ2n) is 3.31. The van der Waals surface area contributed by atoms with E-state index < -0.39 is 0 Å². The molecule has 2 N–H and O–H groups in total. The fraction of sp³-hybridized carbons (Fsp3) is 0.400. The molecule has 3 nitrogen and oxygen atoms in total. The zero-order valence-corrected chi connectivity index (χ0v) is 9.24. The van der Waals surface area contributed by atoms with Crippen molar-refractivity contribution in [3.8, 4) is 5.75 Å². The van der Waals surface area contributed by atoms with Crippen molar-refractivity contribution in [1.29, 1.82) is 0 Å². The van der Waals surface area contributed by atoms with Crippen molar-refractivity contribution in [3.63, 3.8) is 0 Å². The van der Waals surface area contributed by atoms with Crippen molar-refractivity contribution in [2.45, 2.75) is 12.1 Å². The zero-order valence-electron chi connectivity index (χ0n) is 7.65. The molecule has 0 bridgehead atoms. The van der Waals surface area contributed by atoms with Crippen LogP contribution in [0.2, 0.25) is 0 Å². The lowest BCUT2D eigenvalue weighted by molar-refractivity contribution is 0.140. The van der Waals surface area contributed by atoms with Gasteiger partial charge in [0.2, 0.25) is 0 Å². The van der Waals surface area contributed by atoms with E-state index in [9.17, 15) is 0 Å². The van der Waals surface area contributed by atoms with Crippen LogP contribution in [0.15, 0.2) is 28.7 Å². The van der Waals surface area contributed by atoms with Crippen molar-refractivity contribution in [2.75, 3.05) is 13.2 Å². The average molecular weight is 258 g/mol. The van der Waals surface area contributed by atoms with Gasteiger partial charge in [0.15, 0.2) is 0 Å². The molecule has 0 radical (unpaired) electrons. The summed E-state index contributed by atoms with van der Waals surface area (Å²) < 4.78 is 11.9. The summed E-state index contributed by atoms with van der Waals surface area (Å²) in [6, 6.07) is 7.69. The molecule has 1 unspecified atom stereocenters. The predicted molar refractivity (Wildman–Crippen MR) is 57.4 cm³/mol. The Balaban J connectivity index is 2.00. The lowest BCUT2D eigenvalue weighted by Crippen LogP contribution is -2.37. The van der Waals surface area contributed by atoms with Crippen LogP contribution in [0.3, 0.4) is 0 Å². The lowest BCUT2D eigenvalue weighted by atomic mass is 10.2. The van der Waals surface area contributed by atoms with Crippen LogP contribution in [-0.2, 0) is 4.74 Å². The highest BCUT2D eigenvalue weighted by molar-refractivity contribution is 9.10. The molecule has 1 heterocycles. The normalized spacial score (nSPS) is 26.4. The van der Waals surface area contributed by atoms with Gasteiger partial charge >= 0.3 is 0 Å². The first-order chi connectivity index (χ1) is 6.75. The van der Waals surface area contributed by atoms with Crippen LogP contribution in [0.1, 0.15) is 0 Å². The topological polar surface area (TPSA) is 44.5 Å². The Hall–Kier alpha value is -0.580. The molecule has 1 aromatic carbocycles. The Kier molecular flexibility index (Phi) is 3.05. The first kappa shape index (κ1) is 9.96. The second kappa shape index (κ2) is 4.29. The van der Waals surface area contributed by atoms with Crippen molar-refractivity contribution < 1.29 is 9.47 Å². The Morgan fingerprint density at radius 2 is 2.00 bits per heavy atom.